The van der Waals surface area contributed by atoms with Crippen molar-refractivity contribution in [2.24, 2.45) is 5.10 Å². The van der Waals surface area contributed by atoms with Crippen LogP contribution in [0, 0.1) is 0 Å². The number of fused-ring (bicyclic) bond motifs is 1. The van der Waals surface area contributed by atoms with Gasteiger partial charge in [0.1, 0.15) is 17.3 Å². The maximum atomic E-state index is 12.5. The SMILES string of the molecule is COc1ccc(-c2nc3ccc(C(=O)N/N=C/c4cccc(OC)c4)cc3[nH]2)cc1. The van der Waals surface area contributed by atoms with Crippen LogP contribution in [0.1, 0.15) is 15.9 Å². The molecule has 0 aliphatic heterocycles. The average molecular weight is 400 g/mol. The van der Waals surface area contributed by atoms with Crippen molar-refractivity contribution in [3.05, 3.63) is 77.9 Å². The van der Waals surface area contributed by atoms with E-state index in [2.05, 4.69) is 20.5 Å². The first-order valence-electron chi connectivity index (χ1n) is 9.28. The van der Waals surface area contributed by atoms with Gasteiger partial charge in [-0.15, -0.1) is 0 Å². The molecule has 150 valence electrons. The molecule has 0 aliphatic rings. The quantitative estimate of drug-likeness (QED) is 0.378. The number of ether oxygens (including phenoxy) is 2. The number of imidazole rings is 1. The minimum absolute atomic E-state index is 0.309. The average Bonchev–Trinajstić information content (AvgIpc) is 3.22. The first-order chi connectivity index (χ1) is 14.7. The third kappa shape index (κ3) is 4.15. The maximum Gasteiger partial charge on any atom is 0.271 e. The van der Waals surface area contributed by atoms with Crippen LogP contribution >= 0.6 is 0 Å². The summed E-state index contributed by atoms with van der Waals surface area (Å²) in [6.07, 6.45) is 1.57. The molecule has 1 heterocycles. The Balaban J connectivity index is 1.49. The van der Waals surface area contributed by atoms with Crippen LogP contribution < -0.4 is 14.9 Å². The lowest BCUT2D eigenvalue weighted by atomic mass is 10.2. The summed E-state index contributed by atoms with van der Waals surface area (Å²) in [4.78, 5) is 20.3. The Kier molecular flexibility index (Phi) is 5.43. The van der Waals surface area contributed by atoms with Crippen molar-refractivity contribution in [1.82, 2.24) is 15.4 Å². The largest absolute Gasteiger partial charge is 0.497 e. The third-order valence-corrected chi connectivity index (χ3v) is 4.58. The fourth-order valence-corrected chi connectivity index (χ4v) is 2.99. The van der Waals surface area contributed by atoms with Crippen LogP contribution in [-0.4, -0.2) is 36.3 Å². The molecular formula is C23H20N4O3. The highest BCUT2D eigenvalue weighted by atomic mass is 16.5. The van der Waals surface area contributed by atoms with E-state index in [4.69, 9.17) is 9.47 Å². The van der Waals surface area contributed by atoms with E-state index in [0.29, 0.717) is 5.56 Å². The highest BCUT2D eigenvalue weighted by molar-refractivity contribution is 5.98. The van der Waals surface area contributed by atoms with Crippen molar-refractivity contribution in [2.75, 3.05) is 14.2 Å². The second kappa shape index (κ2) is 8.48. The van der Waals surface area contributed by atoms with Gasteiger partial charge in [-0.1, -0.05) is 12.1 Å². The highest BCUT2D eigenvalue weighted by Gasteiger charge is 2.10. The van der Waals surface area contributed by atoms with Gasteiger partial charge in [0.25, 0.3) is 5.91 Å². The fourth-order valence-electron chi connectivity index (χ4n) is 2.99. The summed E-state index contributed by atoms with van der Waals surface area (Å²) in [5.74, 6) is 1.92. The van der Waals surface area contributed by atoms with Crippen molar-refractivity contribution in [3.63, 3.8) is 0 Å². The molecule has 4 aromatic rings. The van der Waals surface area contributed by atoms with Crippen molar-refractivity contribution in [2.45, 2.75) is 0 Å². The lowest BCUT2D eigenvalue weighted by Crippen LogP contribution is -2.17. The topological polar surface area (TPSA) is 88.6 Å². The van der Waals surface area contributed by atoms with Gasteiger partial charge in [0, 0.05) is 11.1 Å². The maximum absolute atomic E-state index is 12.5. The second-order valence-corrected chi connectivity index (χ2v) is 6.52. The van der Waals surface area contributed by atoms with E-state index in [1.54, 1.807) is 38.6 Å². The number of nitrogens with zero attached hydrogens (tertiary/aromatic N) is 2. The van der Waals surface area contributed by atoms with E-state index >= 15 is 0 Å². The van der Waals surface area contributed by atoms with Gasteiger partial charge in [0.2, 0.25) is 0 Å². The summed E-state index contributed by atoms with van der Waals surface area (Å²) in [5.41, 5.74) is 6.32. The van der Waals surface area contributed by atoms with Gasteiger partial charge in [-0.2, -0.15) is 5.10 Å². The number of H-pyrrole nitrogens is 1. The fraction of sp³-hybridized carbons (Fsp3) is 0.0870. The number of carbonyl (C=O) groups is 1. The molecule has 0 unspecified atom stereocenters. The molecule has 0 aliphatic carbocycles. The van der Waals surface area contributed by atoms with Gasteiger partial charge in [0.15, 0.2) is 0 Å². The minimum Gasteiger partial charge on any atom is -0.497 e. The molecule has 0 radical (unpaired) electrons. The summed E-state index contributed by atoms with van der Waals surface area (Å²) < 4.78 is 10.4. The molecule has 1 aromatic heterocycles. The van der Waals surface area contributed by atoms with Crippen LogP contribution in [-0.2, 0) is 0 Å². The molecule has 0 fully saturated rings. The van der Waals surface area contributed by atoms with Crippen LogP contribution in [0.5, 0.6) is 11.5 Å². The Morgan fingerprint density at radius 3 is 2.57 bits per heavy atom. The smallest absolute Gasteiger partial charge is 0.271 e. The standard InChI is InChI=1S/C23H20N4O3/c1-29-18-9-6-16(7-10-18)22-25-20-11-8-17(13-21(20)26-22)23(28)27-24-14-15-4-3-5-19(12-15)30-2/h3-14H,1-2H3,(H,25,26)(H,27,28)/b24-14+. The van der Waals surface area contributed by atoms with Crippen LogP contribution in [0.15, 0.2) is 71.8 Å². The molecule has 4 rings (SSSR count). The number of aromatic nitrogens is 2. The van der Waals surface area contributed by atoms with Gasteiger partial charge < -0.3 is 14.5 Å². The summed E-state index contributed by atoms with van der Waals surface area (Å²) in [6, 6.07) is 20.3. The van der Waals surface area contributed by atoms with E-state index in [0.717, 1.165) is 39.5 Å². The Hall–Kier alpha value is -4.13. The third-order valence-electron chi connectivity index (χ3n) is 4.58. The van der Waals surface area contributed by atoms with E-state index < -0.39 is 0 Å². The molecule has 30 heavy (non-hydrogen) atoms. The Bertz CT molecular complexity index is 1210. The first kappa shape index (κ1) is 19.2. The monoisotopic (exact) mass is 400 g/mol. The number of amides is 1. The normalized spacial score (nSPS) is 11.0. The van der Waals surface area contributed by atoms with Gasteiger partial charge in [-0.05, 0) is 60.2 Å². The summed E-state index contributed by atoms with van der Waals surface area (Å²) in [6.45, 7) is 0. The lowest BCUT2D eigenvalue weighted by molar-refractivity contribution is 0.0955. The van der Waals surface area contributed by atoms with Crippen molar-refractivity contribution >= 4 is 23.2 Å². The van der Waals surface area contributed by atoms with E-state index in [1.807, 2.05) is 48.5 Å². The van der Waals surface area contributed by atoms with Crippen LogP contribution in [0.2, 0.25) is 0 Å². The molecule has 0 saturated heterocycles. The molecule has 7 heteroatoms. The van der Waals surface area contributed by atoms with Crippen molar-refractivity contribution in [3.8, 4) is 22.9 Å². The van der Waals surface area contributed by atoms with Gasteiger partial charge in [-0.3, -0.25) is 4.79 Å². The zero-order chi connectivity index (χ0) is 20.9. The minimum atomic E-state index is -0.309. The predicted molar refractivity (Wildman–Crippen MR) is 116 cm³/mol. The number of hydrogen-bond donors (Lipinski definition) is 2. The van der Waals surface area contributed by atoms with Crippen LogP contribution in [0.4, 0.5) is 0 Å². The number of hydrogen-bond acceptors (Lipinski definition) is 5. The van der Waals surface area contributed by atoms with Crippen molar-refractivity contribution < 1.29 is 14.3 Å². The van der Waals surface area contributed by atoms with Gasteiger partial charge >= 0.3 is 0 Å². The number of nitrogens with one attached hydrogen (secondary N) is 2. The molecule has 0 bridgehead atoms. The molecule has 0 saturated carbocycles. The first-order valence-corrected chi connectivity index (χ1v) is 9.28. The predicted octanol–water partition coefficient (Wildman–Crippen LogP) is 4.01. The van der Waals surface area contributed by atoms with E-state index in [9.17, 15) is 4.79 Å². The molecular weight excluding hydrogens is 380 g/mol. The van der Waals surface area contributed by atoms with Gasteiger partial charge in [-0.25, -0.2) is 10.4 Å². The molecule has 7 nitrogen and oxygen atoms in total. The van der Waals surface area contributed by atoms with E-state index in [-0.39, 0.29) is 5.91 Å². The zero-order valence-corrected chi connectivity index (χ0v) is 16.5. The molecule has 1 amide bonds. The summed E-state index contributed by atoms with van der Waals surface area (Å²) >= 11 is 0. The number of rotatable bonds is 6. The number of benzene rings is 3. The summed E-state index contributed by atoms with van der Waals surface area (Å²) in [7, 11) is 3.23. The molecule has 2 N–H and O–H groups in total. The number of carbonyl (C=O) groups excluding carboxylic acids is 1. The Morgan fingerprint density at radius 2 is 1.80 bits per heavy atom. The van der Waals surface area contributed by atoms with Crippen molar-refractivity contribution in [1.29, 1.82) is 0 Å². The lowest BCUT2D eigenvalue weighted by Gasteiger charge is -2.01. The molecule has 3 aromatic carbocycles. The van der Waals surface area contributed by atoms with Crippen LogP contribution in [0.25, 0.3) is 22.4 Å². The molecule has 0 atom stereocenters. The zero-order valence-electron chi connectivity index (χ0n) is 16.5. The number of methoxy groups -OCH3 is 2. The highest BCUT2D eigenvalue weighted by Crippen LogP contribution is 2.23. The number of aromatic amines is 1. The van der Waals surface area contributed by atoms with Crippen LogP contribution in [0.3, 0.4) is 0 Å². The summed E-state index contributed by atoms with van der Waals surface area (Å²) in [5, 5.41) is 4.02. The Labute approximate surface area is 173 Å². The van der Waals surface area contributed by atoms with Gasteiger partial charge in [0.05, 0.1) is 31.5 Å². The van der Waals surface area contributed by atoms with E-state index in [1.165, 1.54) is 0 Å². The number of hydrazone groups is 1. The second-order valence-electron chi connectivity index (χ2n) is 6.52. The Morgan fingerprint density at radius 1 is 1.00 bits per heavy atom. The molecule has 0 spiro atoms.